The lowest BCUT2D eigenvalue weighted by atomic mass is 9.99. The number of nitrogens with zero attached hydrogens (tertiary/aromatic N) is 3. The molecule has 0 spiro atoms. The lowest BCUT2D eigenvalue weighted by molar-refractivity contribution is 0.0320. The first kappa shape index (κ1) is 26.1. The van der Waals surface area contributed by atoms with Crippen LogP contribution in [0.2, 0.25) is 0 Å². The summed E-state index contributed by atoms with van der Waals surface area (Å²) in [5.41, 5.74) is 1.41. The molecule has 2 heterocycles. The molecule has 0 unspecified atom stereocenters. The Balaban J connectivity index is 1.61. The number of likely N-dealkylation sites (N-methyl/N-ethyl adjacent to an activating group) is 1. The largest absolute Gasteiger partial charge is 0.472 e. The fourth-order valence-corrected chi connectivity index (χ4v) is 5.11. The van der Waals surface area contributed by atoms with Crippen LogP contribution in [0.1, 0.15) is 61.0 Å². The lowest BCUT2D eigenvalue weighted by Crippen LogP contribution is -2.50. The van der Waals surface area contributed by atoms with E-state index in [0.717, 1.165) is 19.0 Å². The van der Waals surface area contributed by atoms with Gasteiger partial charge in [0, 0.05) is 42.9 Å². The van der Waals surface area contributed by atoms with E-state index in [0.29, 0.717) is 23.2 Å². The van der Waals surface area contributed by atoms with E-state index in [-0.39, 0.29) is 42.3 Å². The van der Waals surface area contributed by atoms with Crippen molar-refractivity contribution in [2.45, 2.75) is 51.7 Å². The summed E-state index contributed by atoms with van der Waals surface area (Å²) in [7, 11) is 2.13. The van der Waals surface area contributed by atoms with Crippen LogP contribution in [0.5, 0.6) is 5.88 Å². The van der Waals surface area contributed by atoms with Crippen molar-refractivity contribution in [1.82, 2.24) is 14.8 Å². The molecule has 1 amide bonds. The highest BCUT2D eigenvalue weighted by Crippen LogP contribution is 2.29. The number of pyridine rings is 1. The van der Waals surface area contributed by atoms with Crippen molar-refractivity contribution in [3.63, 3.8) is 0 Å². The summed E-state index contributed by atoms with van der Waals surface area (Å²) >= 11 is 0. The van der Waals surface area contributed by atoms with E-state index < -0.39 is 0 Å². The Bertz CT molecular complexity index is 1120. The van der Waals surface area contributed by atoms with Crippen LogP contribution in [0.3, 0.4) is 0 Å². The number of carbonyl (C=O) groups excluding carboxylic acids is 1. The Morgan fingerprint density at radius 1 is 1.22 bits per heavy atom. The van der Waals surface area contributed by atoms with Crippen LogP contribution in [0.15, 0.2) is 36.5 Å². The quantitative estimate of drug-likeness (QED) is 0.617. The van der Waals surface area contributed by atoms with Crippen molar-refractivity contribution >= 4 is 5.91 Å². The van der Waals surface area contributed by atoms with Gasteiger partial charge in [-0.2, -0.15) is 0 Å². The molecule has 1 aromatic heterocycles. The molecule has 1 aromatic carbocycles. The van der Waals surface area contributed by atoms with Crippen LogP contribution in [0.25, 0.3) is 0 Å². The maximum atomic E-state index is 13.6. The number of aromatic nitrogens is 1. The third kappa shape index (κ3) is 6.43. The first-order valence-corrected chi connectivity index (χ1v) is 12.9. The predicted octanol–water partition coefficient (Wildman–Crippen LogP) is 3.96. The Kier molecular flexibility index (Phi) is 8.60. The molecule has 3 atom stereocenters. The predicted molar refractivity (Wildman–Crippen MR) is 137 cm³/mol. The average molecular weight is 494 g/mol. The second-order valence-electron chi connectivity index (χ2n) is 10.3. The van der Waals surface area contributed by atoms with E-state index in [9.17, 15) is 14.3 Å². The highest BCUT2D eigenvalue weighted by molar-refractivity contribution is 5.97. The monoisotopic (exact) mass is 493 g/mol. The van der Waals surface area contributed by atoms with Crippen molar-refractivity contribution in [2.24, 2.45) is 11.8 Å². The normalized spacial score (nSPS) is 21.3. The van der Waals surface area contributed by atoms with Gasteiger partial charge in [-0.25, -0.2) is 9.37 Å². The lowest BCUT2D eigenvalue weighted by Gasteiger charge is -2.38. The van der Waals surface area contributed by atoms with E-state index in [4.69, 9.17) is 4.74 Å². The van der Waals surface area contributed by atoms with E-state index in [1.807, 2.05) is 6.92 Å². The smallest absolute Gasteiger partial charge is 0.259 e. The number of aliphatic hydroxyl groups is 1. The van der Waals surface area contributed by atoms with Crippen LogP contribution in [-0.2, 0) is 0 Å². The van der Waals surface area contributed by atoms with E-state index in [2.05, 4.69) is 35.7 Å². The third-order valence-electron chi connectivity index (χ3n) is 7.23. The first-order valence-electron chi connectivity index (χ1n) is 12.9. The van der Waals surface area contributed by atoms with Crippen LogP contribution in [0, 0.1) is 29.5 Å². The standard InChI is InChI=1S/C29H36FN3O3/c1-20-16-33(21(2)19-34)29(35)26-14-24(12-11-22-9-6-10-25(30)13-22)15-31-28(26)36-27(20)18-32(3)17-23-7-4-5-8-23/h6,9-10,13-15,20-21,23,27,34H,4-5,7-8,16-19H2,1-3H3/t20-,21+,27+/m0/s1. The number of fused-ring (bicyclic) bond motifs is 1. The van der Waals surface area contributed by atoms with Gasteiger partial charge in [-0.15, -0.1) is 0 Å². The second kappa shape index (κ2) is 11.9. The summed E-state index contributed by atoms with van der Waals surface area (Å²) in [5, 5.41) is 9.86. The zero-order valence-corrected chi connectivity index (χ0v) is 21.4. The summed E-state index contributed by atoms with van der Waals surface area (Å²) in [6.07, 6.45) is 6.62. The highest BCUT2D eigenvalue weighted by Gasteiger charge is 2.34. The van der Waals surface area contributed by atoms with E-state index in [1.54, 1.807) is 29.3 Å². The molecule has 0 radical (unpaired) electrons. The molecule has 2 aromatic rings. The molecule has 6 nitrogen and oxygen atoms in total. The van der Waals surface area contributed by atoms with Gasteiger partial charge in [-0.05, 0) is 57.0 Å². The summed E-state index contributed by atoms with van der Waals surface area (Å²) in [6, 6.07) is 7.40. The number of halogens is 1. The number of ether oxygens (including phenoxy) is 1. The number of benzene rings is 1. The van der Waals surface area contributed by atoms with Gasteiger partial charge in [0.1, 0.15) is 17.5 Å². The molecule has 1 aliphatic heterocycles. The van der Waals surface area contributed by atoms with Crippen molar-refractivity contribution < 1.29 is 19.0 Å². The fraction of sp³-hybridized carbons (Fsp3) is 0.517. The Morgan fingerprint density at radius 3 is 2.69 bits per heavy atom. The third-order valence-corrected chi connectivity index (χ3v) is 7.23. The van der Waals surface area contributed by atoms with Crippen LogP contribution < -0.4 is 4.74 Å². The molecule has 4 rings (SSSR count). The Labute approximate surface area is 213 Å². The molecule has 7 heteroatoms. The fourth-order valence-electron chi connectivity index (χ4n) is 5.11. The number of carbonyl (C=O) groups is 1. The molecule has 2 aliphatic rings. The average Bonchev–Trinajstić information content (AvgIpc) is 3.37. The minimum atomic E-state index is -0.353. The van der Waals surface area contributed by atoms with Gasteiger partial charge in [-0.3, -0.25) is 4.79 Å². The molecular formula is C29H36FN3O3. The Hall–Kier alpha value is -2.95. The summed E-state index contributed by atoms with van der Waals surface area (Å²) in [6.45, 7) is 6.04. The number of hydrogen-bond donors (Lipinski definition) is 1. The number of aliphatic hydroxyl groups excluding tert-OH is 1. The molecular weight excluding hydrogens is 457 g/mol. The zero-order valence-electron chi connectivity index (χ0n) is 21.4. The molecule has 192 valence electrons. The topological polar surface area (TPSA) is 65.9 Å². The van der Waals surface area contributed by atoms with Gasteiger partial charge in [0.05, 0.1) is 12.6 Å². The molecule has 0 saturated heterocycles. The van der Waals surface area contributed by atoms with Crippen molar-refractivity contribution in [3.8, 4) is 17.7 Å². The van der Waals surface area contributed by atoms with Gasteiger partial charge in [0.15, 0.2) is 0 Å². The van der Waals surface area contributed by atoms with Gasteiger partial charge in [0.25, 0.3) is 5.91 Å². The van der Waals surface area contributed by atoms with Crippen molar-refractivity contribution in [1.29, 1.82) is 0 Å². The van der Waals surface area contributed by atoms with Crippen molar-refractivity contribution in [3.05, 3.63) is 59.0 Å². The van der Waals surface area contributed by atoms with E-state index in [1.165, 1.54) is 37.8 Å². The van der Waals surface area contributed by atoms with Gasteiger partial charge >= 0.3 is 0 Å². The van der Waals surface area contributed by atoms with Gasteiger partial charge in [0.2, 0.25) is 5.88 Å². The summed E-state index contributed by atoms with van der Waals surface area (Å²) < 4.78 is 19.9. The molecule has 1 saturated carbocycles. The summed E-state index contributed by atoms with van der Waals surface area (Å²) in [4.78, 5) is 22.1. The molecule has 36 heavy (non-hydrogen) atoms. The minimum Gasteiger partial charge on any atom is -0.472 e. The van der Waals surface area contributed by atoms with Gasteiger partial charge in [-0.1, -0.05) is 37.7 Å². The molecule has 1 N–H and O–H groups in total. The van der Waals surface area contributed by atoms with E-state index >= 15 is 0 Å². The van der Waals surface area contributed by atoms with Crippen molar-refractivity contribution in [2.75, 3.05) is 33.3 Å². The maximum absolute atomic E-state index is 13.6. The number of amides is 1. The number of hydrogen-bond acceptors (Lipinski definition) is 5. The van der Waals surface area contributed by atoms with Gasteiger partial charge < -0.3 is 19.6 Å². The Morgan fingerprint density at radius 2 is 1.97 bits per heavy atom. The van der Waals surface area contributed by atoms with Crippen LogP contribution in [0.4, 0.5) is 4.39 Å². The molecule has 1 aliphatic carbocycles. The summed E-state index contributed by atoms with van der Waals surface area (Å²) in [5.74, 6) is 6.40. The minimum absolute atomic E-state index is 0.0522. The second-order valence-corrected chi connectivity index (χ2v) is 10.3. The maximum Gasteiger partial charge on any atom is 0.259 e. The van der Waals surface area contributed by atoms with Crippen LogP contribution in [-0.4, -0.2) is 71.2 Å². The molecule has 0 bridgehead atoms. The highest BCUT2D eigenvalue weighted by atomic mass is 19.1. The zero-order chi connectivity index (χ0) is 25.7. The van der Waals surface area contributed by atoms with Crippen LogP contribution >= 0.6 is 0 Å². The SMILES string of the molecule is C[C@H](CO)N1C[C@H](C)[C@@H](CN(C)CC2CCCC2)Oc2ncc(C#Cc3cccc(F)c3)cc2C1=O. The first-order chi connectivity index (χ1) is 17.3. The number of rotatable bonds is 6. The molecule has 1 fully saturated rings.